The van der Waals surface area contributed by atoms with E-state index in [0.29, 0.717) is 11.7 Å². The molecule has 0 unspecified atom stereocenters. The van der Waals surface area contributed by atoms with Crippen molar-refractivity contribution in [2.75, 3.05) is 18.4 Å². The van der Waals surface area contributed by atoms with Gasteiger partial charge in [-0.15, -0.1) is 11.3 Å². The van der Waals surface area contributed by atoms with Crippen LogP contribution in [0.25, 0.3) is 0 Å². The summed E-state index contributed by atoms with van der Waals surface area (Å²) >= 11 is 1.31. The molecular formula is C18H22FN3O2S. The summed E-state index contributed by atoms with van der Waals surface area (Å²) in [6.07, 6.45) is 5.55. The van der Waals surface area contributed by atoms with E-state index >= 15 is 0 Å². The Balaban J connectivity index is 2.03. The normalized spacial score (nSPS) is 10.5. The second-order valence-electron chi connectivity index (χ2n) is 5.68. The van der Waals surface area contributed by atoms with E-state index in [2.05, 4.69) is 17.2 Å². The van der Waals surface area contributed by atoms with Crippen molar-refractivity contribution in [1.82, 2.24) is 9.88 Å². The van der Waals surface area contributed by atoms with Crippen LogP contribution >= 0.6 is 11.3 Å². The lowest BCUT2D eigenvalue weighted by Gasteiger charge is -2.22. The number of unbranched alkanes of at least 4 members (excludes halogenated alkanes) is 3. The van der Waals surface area contributed by atoms with E-state index in [9.17, 15) is 14.0 Å². The predicted octanol–water partition coefficient (Wildman–Crippen LogP) is 3.94. The molecule has 2 aromatic rings. The third-order valence-corrected chi connectivity index (χ3v) is 4.34. The van der Waals surface area contributed by atoms with Gasteiger partial charge in [-0.2, -0.15) is 0 Å². The van der Waals surface area contributed by atoms with Crippen LogP contribution in [0.5, 0.6) is 0 Å². The standard InChI is InChI=1S/C18H22FN3O2S/c1-2-3-4-5-10-22(13-16(23)21-18-20-9-11-25-18)17(24)14-7-6-8-15(19)12-14/h6-9,11-12H,2-5,10,13H2,1H3,(H,20,21,23). The van der Waals surface area contributed by atoms with Crippen molar-refractivity contribution >= 4 is 28.3 Å². The number of rotatable bonds is 9. The van der Waals surface area contributed by atoms with Crippen LogP contribution in [0.15, 0.2) is 35.8 Å². The molecule has 0 saturated carbocycles. The molecule has 0 spiro atoms. The molecule has 0 fully saturated rings. The van der Waals surface area contributed by atoms with E-state index in [1.165, 1.54) is 34.4 Å². The Kier molecular flexibility index (Phi) is 7.53. The zero-order chi connectivity index (χ0) is 18.1. The number of halogens is 1. The molecule has 0 radical (unpaired) electrons. The molecule has 5 nitrogen and oxygen atoms in total. The summed E-state index contributed by atoms with van der Waals surface area (Å²) in [5.41, 5.74) is 0.248. The number of anilines is 1. The highest BCUT2D eigenvalue weighted by Crippen LogP contribution is 2.12. The number of nitrogens with one attached hydrogen (secondary N) is 1. The quantitative estimate of drug-likeness (QED) is 0.686. The smallest absolute Gasteiger partial charge is 0.254 e. The first kappa shape index (κ1) is 19.1. The summed E-state index contributed by atoms with van der Waals surface area (Å²) in [5, 5.41) is 4.93. The molecule has 1 aromatic carbocycles. The molecule has 0 aliphatic carbocycles. The molecule has 7 heteroatoms. The summed E-state index contributed by atoms with van der Waals surface area (Å²) in [6, 6.07) is 5.54. The molecule has 0 saturated heterocycles. The van der Waals surface area contributed by atoms with Crippen LogP contribution in [0.3, 0.4) is 0 Å². The highest BCUT2D eigenvalue weighted by molar-refractivity contribution is 7.13. The van der Waals surface area contributed by atoms with Crippen LogP contribution in [-0.4, -0.2) is 34.8 Å². The second kappa shape index (κ2) is 9.88. The lowest BCUT2D eigenvalue weighted by Crippen LogP contribution is -2.38. The van der Waals surface area contributed by atoms with Gasteiger partial charge >= 0.3 is 0 Å². The fourth-order valence-corrected chi connectivity index (χ4v) is 2.95. The summed E-state index contributed by atoms with van der Waals surface area (Å²) in [5.74, 6) is -1.12. The van der Waals surface area contributed by atoms with Crippen LogP contribution in [0.4, 0.5) is 9.52 Å². The van der Waals surface area contributed by atoms with E-state index in [4.69, 9.17) is 0 Å². The van der Waals surface area contributed by atoms with E-state index in [1.54, 1.807) is 17.6 Å². The van der Waals surface area contributed by atoms with E-state index < -0.39 is 5.82 Å². The number of nitrogens with zero attached hydrogens (tertiary/aromatic N) is 2. The third-order valence-electron chi connectivity index (χ3n) is 3.65. The Labute approximate surface area is 150 Å². The molecule has 134 valence electrons. The Morgan fingerprint density at radius 1 is 1.28 bits per heavy atom. The van der Waals surface area contributed by atoms with Gasteiger partial charge in [0.2, 0.25) is 5.91 Å². The molecule has 1 aromatic heterocycles. The second-order valence-corrected chi connectivity index (χ2v) is 6.58. The van der Waals surface area contributed by atoms with Crippen molar-refractivity contribution < 1.29 is 14.0 Å². The van der Waals surface area contributed by atoms with E-state index in [0.717, 1.165) is 25.7 Å². The monoisotopic (exact) mass is 363 g/mol. The molecule has 2 amide bonds. The third kappa shape index (κ3) is 6.26. The first-order valence-electron chi connectivity index (χ1n) is 8.34. The number of hydrogen-bond acceptors (Lipinski definition) is 4. The fraction of sp³-hybridized carbons (Fsp3) is 0.389. The molecule has 1 N–H and O–H groups in total. The number of hydrogen-bond donors (Lipinski definition) is 1. The highest BCUT2D eigenvalue weighted by Gasteiger charge is 2.19. The number of benzene rings is 1. The van der Waals surface area contributed by atoms with Crippen molar-refractivity contribution in [3.63, 3.8) is 0 Å². The Bertz CT molecular complexity index is 691. The van der Waals surface area contributed by atoms with Crippen molar-refractivity contribution in [3.8, 4) is 0 Å². The van der Waals surface area contributed by atoms with Gasteiger partial charge in [0.1, 0.15) is 12.4 Å². The van der Waals surface area contributed by atoms with Gasteiger partial charge in [-0.05, 0) is 24.6 Å². The van der Waals surface area contributed by atoms with Crippen molar-refractivity contribution in [3.05, 3.63) is 47.2 Å². The lowest BCUT2D eigenvalue weighted by atomic mass is 10.1. The Hall–Kier alpha value is -2.28. The van der Waals surface area contributed by atoms with Crippen molar-refractivity contribution in [1.29, 1.82) is 0 Å². The van der Waals surface area contributed by atoms with Gasteiger partial charge < -0.3 is 10.2 Å². The molecule has 0 atom stereocenters. The molecule has 2 rings (SSSR count). The Morgan fingerprint density at radius 3 is 2.80 bits per heavy atom. The zero-order valence-corrected chi connectivity index (χ0v) is 15.0. The van der Waals surface area contributed by atoms with Gasteiger partial charge in [-0.1, -0.05) is 32.3 Å². The van der Waals surface area contributed by atoms with Crippen LogP contribution in [-0.2, 0) is 4.79 Å². The largest absolute Gasteiger partial charge is 0.329 e. The van der Waals surface area contributed by atoms with Crippen LogP contribution < -0.4 is 5.32 Å². The summed E-state index contributed by atoms with van der Waals surface area (Å²) in [7, 11) is 0. The summed E-state index contributed by atoms with van der Waals surface area (Å²) in [4.78, 5) is 30.3. The molecule has 0 aliphatic rings. The van der Waals surface area contributed by atoms with Gasteiger partial charge in [-0.3, -0.25) is 9.59 Å². The van der Waals surface area contributed by atoms with Crippen molar-refractivity contribution in [2.24, 2.45) is 0 Å². The minimum atomic E-state index is -0.468. The van der Waals surface area contributed by atoms with Gasteiger partial charge in [0.05, 0.1) is 0 Å². The fourth-order valence-electron chi connectivity index (χ4n) is 2.40. The number of thiazole rings is 1. The van der Waals surface area contributed by atoms with Crippen LogP contribution in [0.2, 0.25) is 0 Å². The zero-order valence-electron chi connectivity index (χ0n) is 14.2. The van der Waals surface area contributed by atoms with Gasteiger partial charge in [0.15, 0.2) is 5.13 Å². The highest BCUT2D eigenvalue weighted by atomic mass is 32.1. The maximum Gasteiger partial charge on any atom is 0.254 e. The molecule has 0 aliphatic heterocycles. The van der Waals surface area contributed by atoms with Crippen LogP contribution in [0.1, 0.15) is 43.0 Å². The Morgan fingerprint density at radius 2 is 2.12 bits per heavy atom. The summed E-state index contributed by atoms with van der Waals surface area (Å²) < 4.78 is 13.4. The summed E-state index contributed by atoms with van der Waals surface area (Å²) in [6.45, 7) is 2.48. The minimum absolute atomic E-state index is 0.0823. The molecule has 25 heavy (non-hydrogen) atoms. The minimum Gasteiger partial charge on any atom is -0.329 e. The topological polar surface area (TPSA) is 62.3 Å². The molecule has 1 heterocycles. The SMILES string of the molecule is CCCCCCN(CC(=O)Nc1nccs1)C(=O)c1cccc(F)c1. The molecular weight excluding hydrogens is 341 g/mol. The first-order valence-corrected chi connectivity index (χ1v) is 9.22. The number of carbonyl (C=O) groups excluding carboxylic acids is 2. The van der Waals surface area contributed by atoms with E-state index in [-0.39, 0.29) is 23.9 Å². The number of amides is 2. The number of carbonyl (C=O) groups is 2. The van der Waals surface area contributed by atoms with E-state index in [1.807, 2.05) is 0 Å². The average Bonchev–Trinajstić information content (AvgIpc) is 3.10. The van der Waals surface area contributed by atoms with Gasteiger partial charge in [0.25, 0.3) is 5.91 Å². The average molecular weight is 363 g/mol. The maximum absolute atomic E-state index is 13.4. The first-order chi connectivity index (χ1) is 12.1. The number of aromatic nitrogens is 1. The van der Waals surface area contributed by atoms with Gasteiger partial charge in [0, 0.05) is 23.7 Å². The molecule has 0 bridgehead atoms. The maximum atomic E-state index is 13.4. The predicted molar refractivity (Wildman–Crippen MR) is 97.2 cm³/mol. The lowest BCUT2D eigenvalue weighted by molar-refractivity contribution is -0.116. The van der Waals surface area contributed by atoms with Crippen LogP contribution in [0, 0.1) is 5.82 Å². The van der Waals surface area contributed by atoms with Gasteiger partial charge in [-0.25, -0.2) is 9.37 Å². The van der Waals surface area contributed by atoms with Crippen molar-refractivity contribution in [2.45, 2.75) is 32.6 Å².